The van der Waals surface area contributed by atoms with Crippen LogP contribution >= 0.6 is 11.3 Å². The van der Waals surface area contributed by atoms with Crippen LogP contribution in [-0.2, 0) is 16.4 Å². The van der Waals surface area contributed by atoms with Gasteiger partial charge in [-0.2, -0.15) is 5.26 Å². The molecule has 2 heterocycles. The van der Waals surface area contributed by atoms with E-state index in [0.717, 1.165) is 36.6 Å². The third kappa shape index (κ3) is 4.73. The van der Waals surface area contributed by atoms with Gasteiger partial charge in [0.05, 0.1) is 22.3 Å². The number of hydrogen-bond acceptors (Lipinski definition) is 6. The van der Waals surface area contributed by atoms with Crippen LogP contribution < -0.4 is 0 Å². The van der Waals surface area contributed by atoms with Crippen LogP contribution in [0.4, 0.5) is 0 Å². The Morgan fingerprint density at radius 2 is 2.03 bits per heavy atom. The minimum atomic E-state index is -3.39. The van der Waals surface area contributed by atoms with E-state index in [1.807, 2.05) is 17.6 Å². The molecule has 7 heteroatoms. The highest BCUT2D eigenvalue weighted by atomic mass is 32.2. The monoisotopic (exact) mass is 423 g/mol. The largest absolute Gasteiger partial charge is 0.299 e. The Morgan fingerprint density at radius 1 is 1.21 bits per heavy atom. The number of nitrogens with zero attached hydrogens (tertiary/aromatic N) is 3. The summed E-state index contributed by atoms with van der Waals surface area (Å²) in [4.78, 5) is 6.89. The first-order chi connectivity index (χ1) is 14.0. The maximum atomic E-state index is 12.7. The molecule has 1 aliphatic rings. The molecule has 148 valence electrons. The number of rotatable bonds is 6. The van der Waals surface area contributed by atoms with Crippen LogP contribution in [0.1, 0.15) is 17.5 Å². The van der Waals surface area contributed by atoms with Gasteiger partial charge in [-0.05, 0) is 42.6 Å². The lowest BCUT2D eigenvalue weighted by Crippen LogP contribution is -2.23. The molecule has 1 fully saturated rings. The summed E-state index contributed by atoms with van der Waals surface area (Å²) in [7, 11) is -3.39. The van der Waals surface area contributed by atoms with Crippen molar-refractivity contribution in [3.05, 3.63) is 71.2 Å². The third-order valence-corrected chi connectivity index (χ3v) is 7.89. The molecule has 1 atom stereocenters. The first-order valence-electron chi connectivity index (χ1n) is 9.47. The van der Waals surface area contributed by atoms with Gasteiger partial charge in [-0.25, -0.2) is 13.4 Å². The molecule has 0 aliphatic carbocycles. The first-order valence-corrected chi connectivity index (χ1v) is 12.0. The number of sulfone groups is 1. The predicted octanol–water partition coefficient (Wildman–Crippen LogP) is 3.98. The lowest BCUT2D eigenvalue weighted by molar-refractivity contribution is 0.320. The van der Waals surface area contributed by atoms with Crippen molar-refractivity contribution in [3.8, 4) is 16.6 Å². The quantitative estimate of drug-likeness (QED) is 0.600. The van der Waals surface area contributed by atoms with Crippen molar-refractivity contribution in [2.24, 2.45) is 5.92 Å². The van der Waals surface area contributed by atoms with Gasteiger partial charge in [0.15, 0.2) is 9.84 Å². The maximum Gasteiger partial charge on any atom is 0.178 e. The average molecular weight is 424 g/mol. The van der Waals surface area contributed by atoms with Gasteiger partial charge >= 0.3 is 0 Å². The zero-order valence-corrected chi connectivity index (χ0v) is 17.5. The van der Waals surface area contributed by atoms with Crippen molar-refractivity contribution in [2.45, 2.75) is 17.9 Å². The number of likely N-dealkylation sites (tertiary alicyclic amines) is 1. The molecule has 0 spiro atoms. The number of benzene rings is 2. The van der Waals surface area contributed by atoms with Crippen LogP contribution in [-0.4, -0.2) is 37.1 Å². The van der Waals surface area contributed by atoms with E-state index < -0.39 is 9.84 Å². The predicted molar refractivity (Wildman–Crippen MR) is 114 cm³/mol. The Balaban J connectivity index is 1.36. The topological polar surface area (TPSA) is 74.1 Å². The fourth-order valence-corrected chi connectivity index (χ4v) is 6.06. The Morgan fingerprint density at radius 3 is 2.76 bits per heavy atom. The smallest absolute Gasteiger partial charge is 0.178 e. The van der Waals surface area contributed by atoms with Crippen molar-refractivity contribution in [1.29, 1.82) is 5.26 Å². The highest BCUT2D eigenvalue weighted by Gasteiger charge is 2.28. The van der Waals surface area contributed by atoms with E-state index in [4.69, 9.17) is 5.26 Å². The fourth-order valence-electron chi connectivity index (χ4n) is 3.74. The first kappa shape index (κ1) is 19.8. The summed E-state index contributed by atoms with van der Waals surface area (Å²) in [5.74, 6) is 0.238. The second kappa shape index (κ2) is 8.46. The molecular weight excluding hydrogens is 402 g/mol. The number of aromatic nitrogens is 1. The highest BCUT2D eigenvalue weighted by molar-refractivity contribution is 7.91. The van der Waals surface area contributed by atoms with E-state index in [-0.39, 0.29) is 16.6 Å². The van der Waals surface area contributed by atoms with Gasteiger partial charge < -0.3 is 0 Å². The molecule has 0 amide bonds. The fraction of sp³-hybridized carbons (Fsp3) is 0.273. The SMILES string of the molecule is N#Cc1cccc(S(=O)(=O)C[C@@H]2CCN(Cc3ccc(-c4nccs4)cc3)C2)c1. The van der Waals surface area contributed by atoms with Crippen LogP contribution in [0.3, 0.4) is 0 Å². The summed E-state index contributed by atoms with van der Waals surface area (Å²) in [6, 6.07) is 16.7. The van der Waals surface area contributed by atoms with Crippen molar-refractivity contribution in [1.82, 2.24) is 9.88 Å². The molecule has 0 N–H and O–H groups in total. The number of hydrogen-bond donors (Lipinski definition) is 0. The Hall–Kier alpha value is -2.53. The molecular formula is C22H21N3O2S2. The summed E-state index contributed by atoms with van der Waals surface area (Å²) in [6.45, 7) is 2.48. The van der Waals surface area contributed by atoms with E-state index in [1.54, 1.807) is 29.5 Å². The number of nitriles is 1. The van der Waals surface area contributed by atoms with E-state index in [9.17, 15) is 8.42 Å². The summed E-state index contributed by atoms with van der Waals surface area (Å²) >= 11 is 1.62. The van der Waals surface area contributed by atoms with E-state index in [2.05, 4.69) is 34.1 Å². The van der Waals surface area contributed by atoms with Crippen LogP contribution in [0, 0.1) is 17.2 Å². The third-order valence-electron chi connectivity index (χ3n) is 5.19. The minimum Gasteiger partial charge on any atom is -0.299 e. The lowest BCUT2D eigenvalue weighted by Gasteiger charge is -2.16. The molecule has 4 rings (SSSR count). The normalized spacial score (nSPS) is 17.3. The molecule has 5 nitrogen and oxygen atoms in total. The Bertz CT molecular complexity index is 1120. The van der Waals surface area contributed by atoms with Crippen LogP contribution in [0.15, 0.2) is 65.0 Å². The van der Waals surface area contributed by atoms with Gasteiger partial charge in [0.1, 0.15) is 5.01 Å². The van der Waals surface area contributed by atoms with Gasteiger partial charge in [-0.15, -0.1) is 11.3 Å². The zero-order chi connectivity index (χ0) is 20.3. The van der Waals surface area contributed by atoms with Gasteiger partial charge in [-0.3, -0.25) is 4.90 Å². The molecule has 0 saturated carbocycles. The molecule has 0 unspecified atom stereocenters. The molecule has 29 heavy (non-hydrogen) atoms. The van der Waals surface area contributed by atoms with Gasteiger partial charge in [0.25, 0.3) is 0 Å². The molecule has 0 bridgehead atoms. The molecule has 1 aliphatic heterocycles. The van der Waals surface area contributed by atoms with Crippen molar-refractivity contribution in [3.63, 3.8) is 0 Å². The van der Waals surface area contributed by atoms with Crippen LogP contribution in [0.25, 0.3) is 10.6 Å². The molecule has 2 aromatic carbocycles. The van der Waals surface area contributed by atoms with E-state index >= 15 is 0 Å². The van der Waals surface area contributed by atoms with E-state index in [0.29, 0.717) is 5.56 Å². The molecule has 3 aromatic rings. The molecule has 1 saturated heterocycles. The standard InChI is InChI=1S/C22H21N3O2S2/c23-13-18-2-1-3-21(12-18)29(26,27)16-19-8-10-25(15-19)14-17-4-6-20(7-5-17)22-24-9-11-28-22/h1-7,9,11-12,19H,8,10,14-16H2/t19-/m1/s1. The molecule has 0 radical (unpaired) electrons. The van der Waals surface area contributed by atoms with Gasteiger partial charge in [-0.1, -0.05) is 30.3 Å². The Kier molecular flexibility index (Phi) is 5.76. The molecule has 1 aromatic heterocycles. The van der Waals surface area contributed by atoms with Crippen LogP contribution in [0.5, 0.6) is 0 Å². The van der Waals surface area contributed by atoms with Crippen molar-refractivity contribution >= 4 is 21.2 Å². The van der Waals surface area contributed by atoms with Gasteiger partial charge in [0.2, 0.25) is 0 Å². The maximum absolute atomic E-state index is 12.7. The number of thiazole rings is 1. The lowest BCUT2D eigenvalue weighted by atomic mass is 10.1. The van der Waals surface area contributed by atoms with E-state index in [1.165, 1.54) is 11.6 Å². The highest BCUT2D eigenvalue weighted by Crippen LogP contribution is 2.25. The van der Waals surface area contributed by atoms with Gasteiger partial charge in [0, 0.05) is 30.2 Å². The minimum absolute atomic E-state index is 0.111. The Labute approximate surface area is 175 Å². The summed E-state index contributed by atoms with van der Waals surface area (Å²) in [6.07, 6.45) is 2.68. The summed E-state index contributed by atoms with van der Waals surface area (Å²) in [5.41, 5.74) is 2.71. The second-order valence-corrected chi connectivity index (χ2v) is 10.3. The van der Waals surface area contributed by atoms with Crippen LogP contribution in [0.2, 0.25) is 0 Å². The second-order valence-electron chi connectivity index (χ2n) is 7.35. The summed E-state index contributed by atoms with van der Waals surface area (Å²) in [5, 5.41) is 12.0. The van der Waals surface area contributed by atoms with Crippen molar-refractivity contribution < 1.29 is 8.42 Å². The van der Waals surface area contributed by atoms with Crippen molar-refractivity contribution in [2.75, 3.05) is 18.8 Å². The summed E-state index contributed by atoms with van der Waals surface area (Å²) < 4.78 is 25.5. The average Bonchev–Trinajstić information content (AvgIpc) is 3.41. The zero-order valence-electron chi connectivity index (χ0n) is 15.9.